The molecule has 2 aliphatic rings. The van der Waals surface area contributed by atoms with Crippen molar-refractivity contribution in [1.82, 2.24) is 9.80 Å². The molecule has 5 heteroatoms. The molecule has 132 valence electrons. The third-order valence-corrected chi connectivity index (χ3v) is 5.31. The number of hydrogen-bond acceptors (Lipinski definition) is 4. The molecule has 1 saturated heterocycles. The van der Waals surface area contributed by atoms with Gasteiger partial charge in [-0.3, -0.25) is 9.69 Å². The Morgan fingerprint density at radius 1 is 1.38 bits per heavy atom. The van der Waals surface area contributed by atoms with Gasteiger partial charge >= 0.3 is 0 Å². The first-order valence-electron chi connectivity index (χ1n) is 8.88. The maximum atomic E-state index is 12.8. The van der Waals surface area contributed by atoms with Crippen molar-refractivity contribution in [3.63, 3.8) is 0 Å². The Kier molecular flexibility index (Phi) is 5.11. The lowest BCUT2D eigenvalue weighted by Gasteiger charge is -2.27. The van der Waals surface area contributed by atoms with Crippen LogP contribution in [0.4, 0.5) is 0 Å². The van der Waals surface area contributed by atoms with Gasteiger partial charge in [-0.25, -0.2) is 0 Å². The van der Waals surface area contributed by atoms with E-state index in [0.717, 1.165) is 43.7 Å². The summed E-state index contributed by atoms with van der Waals surface area (Å²) < 4.78 is 5.20. The van der Waals surface area contributed by atoms with Crippen LogP contribution in [-0.4, -0.2) is 55.0 Å². The fraction of sp³-hybridized carbons (Fsp3) is 0.632. The van der Waals surface area contributed by atoms with Crippen molar-refractivity contribution in [2.75, 3.05) is 33.3 Å². The highest BCUT2D eigenvalue weighted by Crippen LogP contribution is 2.31. The first-order valence-corrected chi connectivity index (χ1v) is 8.88. The van der Waals surface area contributed by atoms with Crippen molar-refractivity contribution in [3.8, 4) is 5.75 Å². The van der Waals surface area contributed by atoms with Gasteiger partial charge in [0.1, 0.15) is 5.75 Å². The minimum Gasteiger partial charge on any atom is -0.497 e. The predicted molar refractivity (Wildman–Crippen MR) is 94.8 cm³/mol. The molecule has 1 amide bonds. The molecule has 3 rings (SSSR count). The number of carbonyl (C=O) groups is 1. The van der Waals surface area contributed by atoms with Gasteiger partial charge in [0.25, 0.3) is 0 Å². The second-order valence-electron chi connectivity index (χ2n) is 7.58. The maximum Gasteiger partial charge on any atom is 0.237 e. The molecule has 0 spiro atoms. The van der Waals surface area contributed by atoms with Crippen LogP contribution in [0.3, 0.4) is 0 Å². The van der Waals surface area contributed by atoms with Crippen molar-refractivity contribution in [1.29, 1.82) is 0 Å². The molecule has 24 heavy (non-hydrogen) atoms. The molecule has 2 fully saturated rings. The lowest BCUT2D eigenvalue weighted by atomic mass is 9.90. The fourth-order valence-corrected chi connectivity index (χ4v) is 3.44. The van der Waals surface area contributed by atoms with Crippen molar-refractivity contribution in [2.45, 2.75) is 38.8 Å². The zero-order valence-electron chi connectivity index (χ0n) is 14.8. The Hall–Kier alpha value is -1.59. The lowest BCUT2D eigenvalue weighted by Crippen LogP contribution is -2.41. The molecule has 0 radical (unpaired) electrons. The molecular weight excluding hydrogens is 302 g/mol. The number of nitrogens with two attached hydrogens (primary N) is 1. The third kappa shape index (κ3) is 4.08. The summed E-state index contributed by atoms with van der Waals surface area (Å²) in [5.74, 6) is 1.09. The van der Waals surface area contributed by atoms with E-state index in [1.807, 2.05) is 24.3 Å². The number of carbonyl (C=O) groups excluding carboxylic acids is 1. The van der Waals surface area contributed by atoms with E-state index in [1.54, 1.807) is 7.11 Å². The van der Waals surface area contributed by atoms with Crippen molar-refractivity contribution in [3.05, 3.63) is 29.8 Å². The molecule has 1 atom stereocenters. The highest BCUT2D eigenvalue weighted by atomic mass is 16.5. The van der Waals surface area contributed by atoms with Crippen molar-refractivity contribution in [2.24, 2.45) is 11.1 Å². The fourth-order valence-electron chi connectivity index (χ4n) is 3.44. The Labute approximate surface area is 144 Å². The summed E-state index contributed by atoms with van der Waals surface area (Å²) in [6.45, 7) is 6.01. The first kappa shape index (κ1) is 17.2. The molecule has 1 aliphatic heterocycles. The molecule has 5 nitrogen and oxygen atoms in total. The Bertz CT molecular complexity index is 570. The van der Waals surface area contributed by atoms with Crippen LogP contribution in [0.1, 0.15) is 31.7 Å². The molecule has 1 heterocycles. The molecule has 1 aliphatic carbocycles. The number of likely N-dealkylation sites (tertiary alicyclic amines) is 1. The van der Waals surface area contributed by atoms with E-state index in [0.29, 0.717) is 25.7 Å². The molecule has 1 aromatic rings. The Morgan fingerprint density at radius 3 is 2.62 bits per heavy atom. The average molecular weight is 331 g/mol. The smallest absolute Gasteiger partial charge is 0.237 e. The summed E-state index contributed by atoms with van der Waals surface area (Å²) >= 11 is 0. The standard InChI is InChI=1S/C19H29N3O2/c1-19(13-20)9-10-21(14-19)12-18(23)22(16-5-6-16)11-15-3-7-17(24-2)8-4-15/h3-4,7-8,16H,5-6,9-14,20H2,1-2H3. The molecule has 1 aromatic carbocycles. The molecule has 0 aromatic heterocycles. The van der Waals surface area contributed by atoms with E-state index in [-0.39, 0.29) is 11.3 Å². The van der Waals surface area contributed by atoms with Crippen LogP contribution in [-0.2, 0) is 11.3 Å². The van der Waals surface area contributed by atoms with Gasteiger partial charge in [-0.2, -0.15) is 0 Å². The number of ether oxygens (including phenoxy) is 1. The monoisotopic (exact) mass is 331 g/mol. The first-order chi connectivity index (χ1) is 11.5. The molecular formula is C19H29N3O2. The second-order valence-corrected chi connectivity index (χ2v) is 7.58. The second kappa shape index (κ2) is 7.11. The van der Waals surface area contributed by atoms with Crippen LogP contribution < -0.4 is 10.5 Å². The van der Waals surface area contributed by atoms with E-state index < -0.39 is 0 Å². The SMILES string of the molecule is COc1ccc(CN(C(=O)CN2CCC(C)(CN)C2)C2CC2)cc1. The molecule has 0 bridgehead atoms. The van der Waals surface area contributed by atoms with Crippen molar-refractivity contribution >= 4 is 5.91 Å². The normalized spacial score (nSPS) is 24.1. The van der Waals surface area contributed by atoms with Crippen LogP contribution in [0.25, 0.3) is 0 Å². The summed E-state index contributed by atoms with van der Waals surface area (Å²) in [4.78, 5) is 17.2. The summed E-state index contributed by atoms with van der Waals surface area (Å²) in [5.41, 5.74) is 7.20. The van der Waals surface area contributed by atoms with Gasteiger partial charge in [-0.1, -0.05) is 19.1 Å². The number of amides is 1. The van der Waals surface area contributed by atoms with Crippen LogP contribution in [0.15, 0.2) is 24.3 Å². The molecule has 1 unspecified atom stereocenters. The predicted octanol–water partition coefficient (Wildman–Crippen LogP) is 1.86. The van der Waals surface area contributed by atoms with E-state index in [1.165, 1.54) is 0 Å². The van der Waals surface area contributed by atoms with Crippen LogP contribution in [0, 0.1) is 5.41 Å². The van der Waals surface area contributed by atoms with E-state index in [2.05, 4.69) is 16.7 Å². The van der Waals surface area contributed by atoms with Crippen LogP contribution in [0.5, 0.6) is 5.75 Å². The quantitative estimate of drug-likeness (QED) is 0.828. The van der Waals surface area contributed by atoms with Gasteiger partial charge < -0.3 is 15.4 Å². The highest BCUT2D eigenvalue weighted by molar-refractivity contribution is 5.79. The molecule has 1 saturated carbocycles. The van der Waals surface area contributed by atoms with Gasteiger partial charge in [-0.15, -0.1) is 0 Å². The van der Waals surface area contributed by atoms with Crippen LogP contribution >= 0.6 is 0 Å². The van der Waals surface area contributed by atoms with E-state index in [4.69, 9.17) is 10.5 Å². The summed E-state index contributed by atoms with van der Waals surface area (Å²) in [7, 11) is 1.67. The zero-order valence-corrected chi connectivity index (χ0v) is 14.8. The van der Waals surface area contributed by atoms with Gasteiger partial charge in [0.05, 0.1) is 13.7 Å². The minimum absolute atomic E-state index is 0.167. The summed E-state index contributed by atoms with van der Waals surface area (Å²) in [6.07, 6.45) is 3.34. The Balaban J connectivity index is 1.60. The van der Waals surface area contributed by atoms with Crippen LogP contribution in [0.2, 0.25) is 0 Å². The highest BCUT2D eigenvalue weighted by Gasteiger charge is 2.36. The number of rotatable bonds is 7. The van der Waals surface area contributed by atoms with Gasteiger partial charge in [0.2, 0.25) is 5.91 Å². The number of benzene rings is 1. The number of methoxy groups -OCH3 is 1. The summed E-state index contributed by atoms with van der Waals surface area (Å²) in [5, 5.41) is 0. The van der Waals surface area contributed by atoms with E-state index in [9.17, 15) is 4.79 Å². The van der Waals surface area contributed by atoms with Gasteiger partial charge in [-0.05, 0) is 55.5 Å². The largest absolute Gasteiger partial charge is 0.497 e. The number of nitrogens with zero attached hydrogens (tertiary/aromatic N) is 2. The van der Waals surface area contributed by atoms with Gasteiger partial charge in [0.15, 0.2) is 0 Å². The van der Waals surface area contributed by atoms with Gasteiger partial charge in [0, 0.05) is 19.1 Å². The topological polar surface area (TPSA) is 58.8 Å². The van der Waals surface area contributed by atoms with E-state index >= 15 is 0 Å². The average Bonchev–Trinajstić information content (AvgIpc) is 3.36. The zero-order chi connectivity index (χ0) is 17.2. The lowest BCUT2D eigenvalue weighted by molar-refractivity contribution is -0.133. The Morgan fingerprint density at radius 2 is 2.08 bits per heavy atom. The molecule has 2 N–H and O–H groups in total. The summed E-state index contributed by atoms with van der Waals surface area (Å²) in [6, 6.07) is 8.42. The minimum atomic E-state index is 0.167. The third-order valence-electron chi connectivity index (χ3n) is 5.31. The maximum absolute atomic E-state index is 12.8. The van der Waals surface area contributed by atoms with Crippen molar-refractivity contribution < 1.29 is 9.53 Å². The number of hydrogen-bond donors (Lipinski definition) is 1.